The van der Waals surface area contributed by atoms with Crippen molar-refractivity contribution in [3.8, 4) is 22.3 Å². The van der Waals surface area contributed by atoms with Crippen LogP contribution < -0.4 is 0 Å². The zero-order chi connectivity index (χ0) is 32.6. The van der Waals surface area contributed by atoms with E-state index in [1.165, 1.54) is 69.5 Å². The van der Waals surface area contributed by atoms with Crippen LogP contribution in [0.3, 0.4) is 0 Å². The van der Waals surface area contributed by atoms with Crippen LogP contribution in [0.5, 0.6) is 0 Å². The van der Waals surface area contributed by atoms with E-state index < -0.39 is 0 Å². The predicted octanol–water partition coefficient (Wildman–Crippen LogP) is 13.9. The van der Waals surface area contributed by atoms with Crippen LogP contribution >= 0.6 is 11.3 Å². The molecule has 1 aromatic heterocycles. The average molecular weight is 649 g/mol. The molecule has 7 aromatic carbocycles. The van der Waals surface area contributed by atoms with Gasteiger partial charge in [-0.15, -0.1) is 11.3 Å². The van der Waals surface area contributed by atoms with Crippen molar-refractivity contribution in [1.29, 1.82) is 0 Å². The third kappa shape index (κ3) is 4.20. The van der Waals surface area contributed by atoms with Crippen molar-refractivity contribution in [2.45, 2.75) is 26.2 Å². The molecule has 0 fully saturated rings. The van der Waals surface area contributed by atoms with E-state index >= 15 is 4.39 Å². The van der Waals surface area contributed by atoms with E-state index in [2.05, 4.69) is 128 Å². The van der Waals surface area contributed by atoms with Gasteiger partial charge < -0.3 is 0 Å². The minimum Gasteiger partial charge on any atom is -0.206 e. The molecule has 234 valence electrons. The lowest BCUT2D eigenvalue weighted by atomic mass is 9.80. The Labute approximate surface area is 289 Å². The first-order valence-corrected chi connectivity index (χ1v) is 18.2. The van der Waals surface area contributed by atoms with Crippen LogP contribution in [-0.4, -0.2) is 0 Å². The van der Waals surface area contributed by atoms with Crippen LogP contribution in [0.15, 0.2) is 133 Å². The molecule has 0 N–H and O–H groups in total. The molecule has 0 radical (unpaired) electrons. The highest BCUT2D eigenvalue weighted by Gasteiger charge is 2.25. The van der Waals surface area contributed by atoms with Gasteiger partial charge in [0.1, 0.15) is 5.82 Å². The normalized spacial score (nSPS) is 15.9. The van der Waals surface area contributed by atoms with Gasteiger partial charge in [-0.3, -0.25) is 0 Å². The second-order valence-corrected chi connectivity index (χ2v) is 14.6. The second-order valence-electron chi connectivity index (χ2n) is 13.6. The first-order chi connectivity index (χ1) is 24.2. The van der Waals surface area contributed by atoms with Crippen molar-refractivity contribution < 1.29 is 4.39 Å². The van der Waals surface area contributed by atoms with Gasteiger partial charge >= 0.3 is 0 Å². The maximum Gasteiger partial charge on any atom is 0.134 e. The fraction of sp³-hybridized carbons (Fsp3) is 0.106. The Morgan fingerprint density at radius 3 is 1.94 bits per heavy atom. The van der Waals surface area contributed by atoms with E-state index in [-0.39, 0.29) is 5.82 Å². The smallest absolute Gasteiger partial charge is 0.134 e. The molecule has 1 unspecified atom stereocenters. The Kier molecular flexibility index (Phi) is 6.51. The van der Waals surface area contributed by atoms with Crippen molar-refractivity contribution in [1.82, 2.24) is 0 Å². The summed E-state index contributed by atoms with van der Waals surface area (Å²) in [7, 11) is 0. The molecule has 2 aliphatic rings. The van der Waals surface area contributed by atoms with Gasteiger partial charge in [0.05, 0.1) is 0 Å². The number of hydrogen-bond acceptors (Lipinski definition) is 1. The van der Waals surface area contributed by atoms with Gasteiger partial charge in [0, 0.05) is 31.1 Å². The van der Waals surface area contributed by atoms with Crippen molar-refractivity contribution in [3.63, 3.8) is 0 Å². The summed E-state index contributed by atoms with van der Waals surface area (Å²) in [6.45, 7) is 2.35. The fourth-order valence-corrected chi connectivity index (χ4v) is 9.92. The molecule has 0 saturated carbocycles. The van der Waals surface area contributed by atoms with Gasteiger partial charge in [0.2, 0.25) is 0 Å². The Hall–Kier alpha value is -5.31. The summed E-state index contributed by atoms with van der Waals surface area (Å²) in [5, 5.41) is 9.40. The Balaban J connectivity index is 1.31. The number of halogens is 1. The Morgan fingerprint density at radius 2 is 1.22 bits per heavy atom. The fourth-order valence-electron chi connectivity index (χ4n) is 8.67. The summed E-state index contributed by atoms with van der Waals surface area (Å²) >= 11 is 1.86. The van der Waals surface area contributed by atoms with Crippen LogP contribution in [0.2, 0.25) is 0 Å². The highest BCUT2D eigenvalue weighted by atomic mass is 32.1. The minimum absolute atomic E-state index is 0.0684. The number of thiophene rings is 1. The van der Waals surface area contributed by atoms with E-state index in [1.54, 1.807) is 0 Å². The third-order valence-electron chi connectivity index (χ3n) is 10.9. The number of allylic oxidation sites excluding steroid dienone is 5. The molecular formula is C47H33FS. The molecule has 0 amide bonds. The van der Waals surface area contributed by atoms with E-state index in [1.807, 2.05) is 29.5 Å². The summed E-state index contributed by atoms with van der Waals surface area (Å²) in [4.78, 5) is 0. The topological polar surface area (TPSA) is 0 Å². The molecule has 1 heterocycles. The molecular weight excluding hydrogens is 616 g/mol. The molecule has 49 heavy (non-hydrogen) atoms. The predicted molar refractivity (Wildman–Crippen MR) is 211 cm³/mol. The zero-order valence-corrected chi connectivity index (χ0v) is 28.1. The zero-order valence-electron chi connectivity index (χ0n) is 27.3. The maximum absolute atomic E-state index is 16.0. The van der Waals surface area contributed by atoms with Crippen LogP contribution in [0.1, 0.15) is 36.5 Å². The van der Waals surface area contributed by atoms with E-state index in [4.69, 9.17) is 0 Å². The molecule has 0 saturated heterocycles. The van der Waals surface area contributed by atoms with Gasteiger partial charge in [-0.1, -0.05) is 140 Å². The second kappa shape index (κ2) is 11.1. The van der Waals surface area contributed by atoms with Gasteiger partial charge in [-0.05, 0) is 97.1 Å². The van der Waals surface area contributed by atoms with Crippen LogP contribution in [0.4, 0.5) is 4.39 Å². The third-order valence-corrected chi connectivity index (χ3v) is 12.1. The molecule has 0 nitrogen and oxygen atoms in total. The van der Waals surface area contributed by atoms with Crippen molar-refractivity contribution in [2.75, 3.05) is 0 Å². The van der Waals surface area contributed by atoms with Crippen molar-refractivity contribution in [3.05, 3.63) is 156 Å². The minimum atomic E-state index is -0.0684. The van der Waals surface area contributed by atoms with E-state index in [0.717, 1.165) is 41.3 Å². The SMILES string of the molecule is CC1CC=CC=C1c1c2ccccc2c(-c2cccc3sc4c(-c5c6c(c(F)c7ccccc57)CCC=C6)cccc4c23)c2ccccc12. The van der Waals surface area contributed by atoms with Gasteiger partial charge in [0.15, 0.2) is 0 Å². The maximum atomic E-state index is 16.0. The molecule has 1 atom stereocenters. The number of hydrogen-bond donors (Lipinski definition) is 0. The molecule has 0 bridgehead atoms. The summed E-state index contributed by atoms with van der Waals surface area (Å²) in [6, 6.07) is 39.5. The lowest BCUT2D eigenvalue weighted by Crippen LogP contribution is -2.03. The molecule has 2 heteroatoms. The number of rotatable bonds is 3. The molecule has 2 aliphatic carbocycles. The summed E-state index contributed by atoms with van der Waals surface area (Å²) in [5.74, 6) is 0.384. The highest BCUT2D eigenvalue weighted by molar-refractivity contribution is 7.26. The number of benzene rings is 7. The molecule has 0 spiro atoms. The van der Waals surface area contributed by atoms with Crippen molar-refractivity contribution in [2.24, 2.45) is 5.92 Å². The Morgan fingerprint density at radius 1 is 0.612 bits per heavy atom. The first-order valence-electron chi connectivity index (χ1n) is 17.3. The summed E-state index contributed by atoms with van der Waals surface area (Å²) < 4.78 is 18.5. The first kappa shape index (κ1) is 28.7. The molecule has 8 aromatic rings. The molecule has 0 aliphatic heterocycles. The standard InChI is InChI=1S/C47H33FS/c1-28-14-2-3-15-29(28)42-30-16-4-6-18-32(30)43(33-19-7-5-17-31(33)42)38-24-13-27-41-45(38)40-26-12-25-39(47(40)49-41)44-34-20-8-10-22-36(34)46(48)37-23-11-9-21-35(37)44/h2-10,12-13,15-22,24-28H,11,14,23H2,1H3. The highest BCUT2D eigenvalue weighted by Crippen LogP contribution is 2.50. The Bertz CT molecular complexity index is 2710. The largest absolute Gasteiger partial charge is 0.206 e. The average Bonchev–Trinajstić information content (AvgIpc) is 3.54. The lowest BCUT2D eigenvalue weighted by Gasteiger charge is -2.23. The lowest BCUT2D eigenvalue weighted by molar-refractivity contribution is 0.620. The summed E-state index contributed by atoms with van der Waals surface area (Å²) in [6.07, 6.45) is 13.8. The van der Waals surface area contributed by atoms with Gasteiger partial charge in [-0.2, -0.15) is 0 Å². The van der Waals surface area contributed by atoms with Crippen LogP contribution in [0.25, 0.3) is 86.4 Å². The van der Waals surface area contributed by atoms with Crippen molar-refractivity contribution >= 4 is 75.5 Å². The number of fused-ring (bicyclic) bond motifs is 7. The monoisotopic (exact) mass is 648 g/mol. The van der Waals surface area contributed by atoms with E-state index in [0.29, 0.717) is 11.3 Å². The molecule has 10 rings (SSSR count). The quantitative estimate of drug-likeness (QED) is 0.167. The summed E-state index contributed by atoms with van der Waals surface area (Å²) in [5.41, 5.74) is 9.51. The van der Waals surface area contributed by atoms with Gasteiger partial charge in [-0.25, -0.2) is 4.39 Å². The van der Waals surface area contributed by atoms with Crippen LogP contribution in [0, 0.1) is 11.7 Å². The van der Waals surface area contributed by atoms with Gasteiger partial charge in [0.25, 0.3) is 0 Å². The van der Waals surface area contributed by atoms with Crippen LogP contribution in [-0.2, 0) is 6.42 Å². The van der Waals surface area contributed by atoms with E-state index in [9.17, 15) is 0 Å².